The van der Waals surface area contributed by atoms with E-state index >= 15 is 0 Å². The Balaban J connectivity index is 2.29. The van der Waals surface area contributed by atoms with Gasteiger partial charge in [-0.1, -0.05) is 47.0 Å². The SMILES string of the molecule is CCC(C)CC1CCC(C)C(C)C1. The Morgan fingerprint density at radius 3 is 2.38 bits per heavy atom. The predicted octanol–water partition coefficient (Wildman–Crippen LogP) is 4.49. The molecule has 0 saturated heterocycles. The van der Waals surface area contributed by atoms with E-state index in [9.17, 15) is 0 Å². The summed E-state index contributed by atoms with van der Waals surface area (Å²) >= 11 is 0. The van der Waals surface area contributed by atoms with Gasteiger partial charge in [-0.05, 0) is 36.5 Å². The molecule has 13 heavy (non-hydrogen) atoms. The van der Waals surface area contributed by atoms with Crippen LogP contribution in [0.2, 0.25) is 0 Å². The molecule has 0 bridgehead atoms. The molecular formula is C13H26. The fourth-order valence-electron chi connectivity index (χ4n) is 2.61. The minimum absolute atomic E-state index is 0.950. The first-order chi connectivity index (χ1) is 6.13. The van der Waals surface area contributed by atoms with E-state index in [2.05, 4.69) is 27.7 Å². The van der Waals surface area contributed by atoms with E-state index in [1.54, 1.807) is 0 Å². The average Bonchev–Trinajstić information content (AvgIpc) is 2.11. The Bertz CT molecular complexity index is 137. The monoisotopic (exact) mass is 182 g/mol. The summed E-state index contributed by atoms with van der Waals surface area (Å²) in [4.78, 5) is 0. The van der Waals surface area contributed by atoms with Crippen LogP contribution < -0.4 is 0 Å². The molecule has 1 saturated carbocycles. The quantitative estimate of drug-likeness (QED) is 0.603. The molecule has 1 fully saturated rings. The van der Waals surface area contributed by atoms with Crippen LogP contribution in [0.4, 0.5) is 0 Å². The van der Waals surface area contributed by atoms with Gasteiger partial charge in [0.15, 0.2) is 0 Å². The highest BCUT2D eigenvalue weighted by Crippen LogP contribution is 2.36. The van der Waals surface area contributed by atoms with Crippen LogP contribution in [-0.2, 0) is 0 Å². The lowest BCUT2D eigenvalue weighted by atomic mass is 9.73. The normalized spacial score (nSPS) is 37.4. The summed E-state index contributed by atoms with van der Waals surface area (Å²) in [5, 5.41) is 0. The third-order valence-corrected chi connectivity index (χ3v) is 4.14. The summed E-state index contributed by atoms with van der Waals surface area (Å²) in [6.07, 6.45) is 7.30. The molecule has 0 radical (unpaired) electrons. The van der Waals surface area contributed by atoms with Crippen molar-refractivity contribution in [2.45, 2.75) is 59.8 Å². The lowest BCUT2D eigenvalue weighted by Crippen LogP contribution is -2.22. The zero-order chi connectivity index (χ0) is 9.84. The topological polar surface area (TPSA) is 0 Å². The highest BCUT2D eigenvalue weighted by Gasteiger charge is 2.24. The van der Waals surface area contributed by atoms with Gasteiger partial charge in [0, 0.05) is 0 Å². The van der Waals surface area contributed by atoms with Crippen molar-refractivity contribution in [3.8, 4) is 0 Å². The second-order valence-corrected chi connectivity index (χ2v) is 5.38. The maximum absolute atomic E-state index is 2.44. The van der Waals surface area contributed by atoms with Crippen molar-refractivity contribution in [1.29, 1.82) is 0 Å². The molecule has 0 spiro atoms. The third-order valence-electron chi connectivity index (χ3n) is 4.14. The summed E-state index contributed by atoms with van der Waals surface area (Å²) in [5.41, 5.74) is 0. The highest BCUT2D eigenvalue weighted by molar-refractivity contribution is 4.76. The van der Waals surface area contributed by atoms with Crippen LogP contribution in [0.1, 0.15) is 59.8 Å². The van der Waals surface area contributed by atoms with Crippen LogP contribution in [-0.4, -0.2) is 0 Å². The molecule has 1 rings (SSSR count). The van der Waals surface area contributed by atoms with Crippen LogP contribution in [0.3, 0.4) is 0 Å². The lowest BCUT2D eigenvalue weighted by molar-refractivity contribution is 0.184. The van der Waals surface area contributed by atoms with Crippen LogP contribution in [0.5, 0.6) is 0 Å². The lowest BCUT2D eigenvalue weighted by Gasteiger charge is -2.33. The second kappa shape index (κ2) is 5.02. The van der Waals surface area contributed by atoms with Crippen LogP contribution in [0, 0.1) is 23.7 Å². The Labute approximate surface area is 84.1 Å². The maximum Gasteiger partial charge on any atom is -0.0409 e. The zero-order valence-electron chi connectivity index (χ0n) is 9.84. The zero-order valence-corrected chi connectivity index (χ0v) is 9.84. The Kier molecular flexibility index (Phi) is 4.28. The fourth-order valence-corrected chi connectivity index (χ4v) is 2.61. The van der Waals surface area contributed by atoms with Crippen LogP contribution in [0.15, 0.2) is 0 Å². The van der Waals surface area contributed by atoms with Gasteiger partial charge in [-0.15, -0.1) is 0 Å². The van der Waals surface area contributed by atoms with Gasteiger partial charge in [0.1, 0.15) is 0 Å². The van der Waals surface area contributed by atoms with E-state index in [-0.39, 0.29) is 0 Å². The first-order valence-corrected chi connectivity index (χ1v) is 6.13. The van der Waals surface area contributed by atoms with Crippen molar-refractivity contribution in [2.75, 3.05) is 0 Å². The highest BCUT2D eigenvalue weighted by atomic mass is 14.3. The maximum atomic E-state index is 2.44. The minimum Gasteiger partial charge on any atom is -0.0651 e. The van der Waals surface area contributed by atoms with E-state index in [1.165, 1.54) is 32.1 Å². The van der Waals surface area contributed by atoms with E-state index in [0.29, 0.717) is 0 Å². The largest absolute Gasteiger partial charge is 0.0651 e. The van der Waals surface area contributed by atoms with Gasteiger partial charge in [0.25, 0.3) is 0 Å². The van der Waals surface area contributed by atoms with Crippen molar-refractivity contribution >= 4 is 0 Å². The summed E-state index contributed by atoms with van der Waals surface area (Å²) < 4.78 is 0. The summed E-state index contributed by atoms with van der Waals surface area (Å²) in [7, 11) is 0. The number of hydrogen-bond acceptors (Lipinski definition) is 0. The van der Waals surface area contributed by atoms with Crippen molar-refractivity contribution < 1.29 is 0 Å². The molecule has 1 aliphatic carbocycles. The molecular weight excluding hydrogens is 156 g/mol. The molecule has 4 unspecified atom stereocenters. The van der Waals surface area contributed by atoms with E-state index in [0.717, 1.165) is 23.7 Å². The standard InChI is InChI=1S/C13H26/c1-5-10(2)8-13-7-6-11(3)12(4)9-13/h10-13H,5-9H2,1-4H3. The summed E-state index contributed by atoms with van der Waals surface area (Å²) in [5.74, 6) is 3.95. The smallest absolute Gasteiger partial charge is 0.0409 e. The summed E-state index contributed by atoms with van der Waals surface area (Å²) in [6.45, 7) is 9.58. The molecule has 0 aliphatic heterocycles. The van der Waals surface area contributed by atoms with Gasteiger partial charge in [0.2, 0.25) is 0 Å². The predicted molar refractivity (Wildman–Crippen MR) is 59.7 cm³/mol. The van der Waals surface area contributed by atoms with E-state index in [1.807, 2.05) is 0 Å². The average molecular weight is 182 g/mol. The van der Waals surface area contributed by atoms with E-state index < -0.39 is 0 Å². The fraction of sp³-hybridized carbons (Fsp3) is 1.00. The summed E-state index contributed by atoms with van der Waals surface area (Å²) in [6, 6.07) is 0. The molecule has 1 aliphatic rings. The van der Waals surface area contributed by atoms with Crippen molar-refractivity contribution in [3.05, 3.63) is 0 Å². The Morgan fingerprint density at radius 2 is 1.85 bits per heavy atom. The minimum atomic E-state index is 0.950. The van der Waals surface area contributed by atoms with Gasteiger partial charge in [-0.2, -0.15) is 0 Å². The third kappa shape index (κ3) is 3.32. The molecule has 0 aromatic heterocycles. The molecule has 0 heteroatoms. The molecule has 0 N–H and O–H groups in total. The van der Waals surface area contributed by atoms with Crippen LogP contribution in [0.25, 0.3) is 0 Å². The first kappa shape index (κ1) is 11.1. The van der Waals surface area contributed by atoms with Gasteiger partial charge in [-0.25, -0.2) is 0 Å². The molecule has 0 aromatic carbocycles. The van der Waals surface area contributed by atoms with Crippen molar-refractivity contribution in [1.82, 2.24) is 0 Å². The van der Waals surface area contributed by atoms with Crippen molar-refractivity contribution in [2.24, 2.45) is 23.7 Å². The molecule has 0 aromatic rings. The van der Waals surface area contributed by atoms with Gasteiger partial charge < -0.3 is 0 Å². The second-order valence-electron chi connectivity index (χ2n) is 5.38. The first-order valence-electron chi connectivity index (χ1n) is 6.13. The number of rotatable bonds is 3. The molecule has 4 atom stereocenters. The van der Waals surface area contributed by atoms with Crippen molar-refractivity contribution in [3.63, 3.8) is 0 Å². The molecule has 78 valence electrons. The Morgan fingerprint density at radius 1 is 1.15 bits per heavy atom. The molecule has 0 nitrogen and oxygen atoms in total. The van der Waals surface area contributed by atoms with Gasteiger partial charge >= 0.3 is 0 Å². The number of hydrogen-bond donors (Lipinski definition) is 0. The van der Waals surface area contributed by atoms with E-state index in [4.69, 9.17) is 0 Å². The Hall–Kier alpha value is 0. The molecule has 0 heterocycles. The van der Waals surface area contributed by atoms with Gasteiger partial charge in [-0.3, -0.25) is 0 Å². The van der Waals surface area contributed by atoms with Gasteiger partial charge in [0.05, 0.1) is 0 Å². The van der Waals surface area contributed by atoms with Crippen LogP contribution >= 0.6 is 0 Å². The molecule has 0 amide bonds.